The Morgan fingerprint density at radius 2 is 1.83 bits per heavy atom. The molecule has 2 aromatic rings. The normalized spacial score (nSPS) is 11.1. The highest BCUT2D eigenvalue weighted by Gasteiger charge is 2.19. The number of rotatable bonds is 5. The summed E-state index contributed by atoms with van der Waals surface area (Å²) in [6, 6.07) is 5.70. The molecular formula is C14H11F2NO5S. The highest BCUT2D eigenvalue weighted by atomic mass is 32.2. The van der Waals surface area contributed by atoms with Gasteiger partial charge in [-0.1, -0.05) is 0 Å². The number of sulfonamides is 1. The van der Waals surface area contributed by atoms with Crippen LogP contribution in [0.5, 0.6) is 5.75 Å². The fourth-order valence-electron chi connectivity index (χ4n) is 1.78. The van der Waals surface area contributed by atoms with Crippen LogP contribution >= 0.6 is 0 Å². The summed E-state index contributed by atoms with van der Waals surface area (Å²) >= 11 is 0. The van der Waals surface area contributed by atoms with Crippen LogP contribution in [0.25, 0.3) is 0 Å². The average molecular weight is 343 g/mol. The highest BCUT2D eigenvalue weighted by molar-refractivity contribution is 7.92. The second-order valence-electron chi connectivity index (χ2n) is 4.40. The Balaban J connectivity index is 2.37. The lowest BCUT2D eigenvalue weighted by atomic mass is 10.2. The van der Waals surface area contributed by atoms with Crippen LogP contribution < -0.4 is 9.46 Å². The molecule has 0 radical (unpaired) electrons. The van der Waals surface area contributed by atoms with Crippen LogP contribution in [0.15, 0.2) is 41.3 Å². The van der Waals surface area contributed by atoms with Gasteiger partial charge >= 0.3 is 5.97 Å². The van der Waals surface area contributed by atoms with E-state index in [1.807, 2.05) is 0 Å². The maximum absolute atomic E-state index is 13.6. The van der Waals surface area contributed by atoms with Gasteiger partial charge in [-0.15, -0.1) is 0 Å². The number of hydrogen-bond acceptors (Lipinski definition) is 4. The molecule has 0 unspecified atom stereocenters. The number of ether oxygens (including phenoxy) is 1. The SMILES string of the molecule is COc1ccc(NS(=O)(=O)c2ccc(F)c(C(=O)O)c2)cc1F. The lowest BCUT2D eigenvalue weighted by Gasteiger charge is -2.10. The maximum atomic E-state index is 13.6. The van der Waals surface area contributed by atoms with Crippen molar-refractivity contribution in [2.24, 2.45) is 0 Å². The Bertz CT molecular complexity index is 867. The van der Waals surface area contributed by atoms with Crippen molar-refractivity contribution in [1.29, 1.82) is 0 Å². The van der Waals surface area contributed by atoms with Crippen molar-refractivity contribution in [3.05, 3.63) is 53.6 Å². The molecule has 0 aliphatic rings. The number of nitrogens with one attached hydrogen (secondary N) is 1. The second kappa shape index (κ2) is 6.21. The summed E-state index contributed by atoms with van der Waals surface area (Å²) < 4.78 is 58.0. The molecule has 0 spiro atoms. The van der Waals surface area contributed by atoms with Crippen molar-refractivity contribution >= 4 is 21.7 Å². The summed E-state index contributed by atoms with van der Waals surface area (Å²) in [6.07, 6.45) is 0. The van der Waals surface area contributed by atoms with Crippen molar-refractivity contribution in [3.8, 4) is 5.75 Å². The maximum Gasteiger partial charge on any atom is 0.338 e. The molecule has 0 heterocycles. The van der Waals surface area contributed by atoms with Gasteiger partial charge in [-0.3, -0.25) is 4.72 Å². The number of methoxy groups -OCH3 is 1. The van der Waals surface area contributed by atoms with Gasteiger partial charge in [0, 0.05) is 6.07 Å². The molecule has 0 bridgehead atoms. The zero-order valence-electron chi connectivity index (χ0n) is 11.7. The largest absolute Gasteiger partial charge is 0.494 e. The number of carboxylic acids is 1. The first-order valence-corrected chi connectivity index (χ1v) is 7.62. The zero-order chi connectivity index (χ0) is 17.2. The molecule has 0 fully saturated rings. The van der Waals surface area contributed by atoms with E-state index in [4.69, 9.17) is 9.84 Å². The van der Waals surface area contributed by atoms with Gasteiger partial charge in [-0.05, 0) is 30.3 Å². The standard InChI is InChI=1S/C14H11F2NO5S/c1-22-13-5-2-8(6-12(13)16)17-23(20,21)9-3-4-11(15)10(7-9)14(18)19/h2-7,17H,1H3,(H,18,19). The van der Waals surface area contributed by atoms with Gasteiger partial charge in [-0.25, -0.2) is 22.0 Å². The highest BCUT2D eigenvalue weighted by Crippen LogP contribution is 2.23. The summed E-state index contributed by atoms with van der Waals surface area (Å²) in [7, 11) is -2.95. The number of anilines is 1. The van der Waals surface area contributed by atoms with Gasteiger partial charge in [0.25, 0.3) is 10.0 Å². The Labute approximate surface area is 130 Å². The molecule has 122 valence electrons. The third kappa shape index (κ3) is 3.57. The van der Waals surface area contributed by atoms with Gasteiger partial charge in [0.2, 0.25) is 0 Å². The first-order valence-electron chi connectivity index (χ1n) is 6.14. The molecule has 0 atom stereocenters. The minimum atomic E-state index is -4.21. The van der Waals surface area contributed by atoms with Crippen LogP contribution in [0.3, 0.4) is 0 Å². The Kier molecular flexibility index (Phi) is 4.50. The summed E-state index contributed by atoms with van der Waals surface area (Å²) in [5.41, 5.74) is -0.877. The van der Waals surface area contributed by atoms with E-state index >= 15 is 0 Å². The molecule has 0 aliphatic heterocycles. The molecule has 0 saturated heterocycles. The first kappa shape index (κ1) is 16.7. The third-order valence-corrected chi connectivity index (χ3v) is 4.26. The van der Waals surface area contributed by atoms with Gasteiger partial charge in [0.15, 0.2) is 11.6 Å². The number of carboxylic acid groups (broad SMARTS) is 1. The van der Waals surface area contributed by atoms with Crippen molar-refractivity contribution < 1.29 is 31.8 Å². The molecule has 0 aromatic heterocycles. The summed E-state index contributed by atoms with van der Waals surface area (Å²) in [5.74, 6) is -3.51. The van der Waals surface area contributed by atoms with Crippen molar-refractivity contribution in [3.63, 3.8) is 0 Å². The summed E-state index contributed by atoms with van der Waals surface area (Å²) in [4.78, 5) is 10.4. The molecule has 6 nitrogen and oxygen atoms in total. The molecule has 2 rings (SSSR count). The molecule has 23 heavy (non-hydrogen) atoms. The smallest absolute Gasteiger partial charge is 0.338 e. The van der Waals surface area contributed by atoms with Crippen molar-refractivity contribution in [2.75, 3.05) is 11.8 Å². The average Bonchev–Trinajstić information content (AvgIpc) is 2.47. The Morgan fingerprint density at radius 1 is 1.13 bits per heavy atom. The van der Waals surface area contributed by atoms with E-state index in [-0.39, 0.29) is 11.4 Å². The lowest BCUT2D eigenvalue weighted by molar-refractivity contribution is 0.0691. The third-order valence-electron chi connectivity index (χ3n) is 2.88. The zero-order valence-corrected chi connectivity index (χ0v) is 12.5. The van der Waals surface area contributed by atoms with Crippen LogP contribution in [0.2, 0.25) is 0 Å². The van der Waals surface area contributed by atoms with Crippen molar-refractivity contribution in [2.45, 2.75) is 4.90 Å². The van der Waals surface area contributed by atoms with E-state index in [1.54, 1.807) is 0 Å². The number of aromatic carboxylic acids is 1. The van der Waals surface area contributed by atoms with Crippen LogP contribution in [-0.4, -0.2) is 26.6 Å². The topological polar surface area (TPSA) is 92.7 Å². The van der Waals surface area contributed by atoms with E-state index in [9.17, 15) is 22.0 Å². The van der Waals surface area contributed by atoms with E-state index in [0.717, 1.165) is 18.2 Å². The van der Waals surface area contributed by atoms with Gasteiger partial charge in [-0.2, -0.15) is 0 Å². The molecule has 0 aliphatic carbocycles. The predicted molar refractivity (Wildman–Crippen MR) is 77.1 cm³/mol. The van der Waals surface area contributed by atoms with E-state index < -0.39 is 38.1 Å². The van der Waals surface area contributed by atoms with Crippen molar-refractivity contribution in [1.82, 2.24) is 0 Å². The fraction of sp³-hybridized carbons (Fsp3) is 0.0714. The first-order chi connectivity index (χ1) is 10.7. The van der Waals surface area contributed by atoms with Gasteiger partial charge in [0.05, 0.1) is 23.3 Å². The summed E-state index contributed by atoms with van der Waals surface area (Å²) in [6.45, 7) is 0. The quantitative estimate of drug-likeness (QED) is 0.870. The van der Waals surface area contributed by atoms with Crippen LogP contribution in [0, 0.1) is 11.6 Å². The molecule has 2 N–H and O–H groups in total. The number of hydrogen-bond donors (Lipinski definition) is 2. The summed E-state index contributed by atoms with van der Waals surface area (Å²) in [5, 5.41) is 8.82. The van der Waals surface area contributed by atoms with Gasteiger partial charge in [0.1, 0.15) is 5.82 Å². The number of halogens is 2. The second-order valence-corrected chi connectivity index (χ2v) is 6.08. The van der Waals surface area contributed by atoms with E-state index in [0.29, 0.717) is 6.07 Å². The van der Waals surface area contributed by atoms with Crippen LogP contribution in [0.4, 0.5) is 14.5 Å². The molecule has 2 aromatic carbocycles. The fourth-order valence-corrected chi connectivity index (χ4v) is 2.85. The molecule has 0 saturated carbocycles. The molecule has 9 heteroatoms. The molecule has 0 amide bonds. The Morgan fingerprint density at radius 3 is 2.39 bits per heavy atom. The van der Waals surface area contributed by atoms with Crippen LogP contribution in [-0.2, 0) is 10.0 Å². The number of benzene rings is 2. The van der Waals surface area contributed by atoms with Gasteiger partial charge < -0.3 is 9.84 Å². The Hall–Kier alpha value is -2.68. The van der Waals surface area contributed by atoms with E-state index in [1.165, 1.54) is 19.2 Å². The minimum absolute atomic E-state index is 0.0668. The van der Waals surface area contributed by atoms with Crippen LogP contribution in [0.1, 0.15) is 10.4 Å². The molecular weight excluding hydrogens is 332 g/mol. The van der Waals surface area contributed by atoms with E-state index in [2.05, 4.69) is 4.72 Å². The monoisotopic (exact) mass is 343 g/mol. The number of carbonyl (C=O) groups is 1. The predicted octanol–water partition coefficient (Wildman–Crippen LogP) is 2.47. The minimum Gasteiger partial charge on any atom is -0.494 e. The lowest BCUT2D eigenvalue weighted by Crippen LogP contribution is -2.14.